The van der Waals surface area contributed by atoms with Crippen molar-refractivity contribution in [1.29, 1.82) is 0 Å². The Hall–Kier alpha value is -1.11. The molecule has 2 N–H and O–H groups in total. The molecule has 0 radical (unpaired) electrons. The number of rotatable bonds is 5. The number of thiophene rings is 1. The summed E-state index contributed by atoms with van der Waals surface area (Å²) in [6.45, 7) is 4.16. The average Bonchev–Trinajstić information content (AvgIpc) is 3.11. The molecule has 4 nitrogen and oxygen atoms in total. The molecule has 0 bridgehead atoms. The van der Waals surface area contributed by atoms with Gasteiger partial charge in [-0.15, -0.1) is 11.3 Å². The molecule has 1 aromatic carbocycles. The number of hydrogen-bond donors (Lipinski definition) is 2. The molecule has 0 saturated carbocycles. The zero-order valence-corrected chi connectivity index (χ0v) is 15.4. The highest BCUT2D eigenvalue weighted by atomic mass is 35.5. The van der Waals surface area contributed by atoms with Gasteiger partial charge in [0.05, 0.1) is 29.7 Å². The van der Waals surface area contributed by atoms with Crippen molar-refractivity contribution in [2.45, 2.75) is 6.04 Å². The van der Waals surface area contributed by atoms with E-state index in [0.717, 1.165) is 26.3 Å². The third-order valence-electron chi connectivity index (χ3n) is 4.09. The molecule has 24 heavy (non-hydrogen) atoms. The van der Waals surface area contributed by atoms with Crippen LogP contribution < -0.4 is 4.90 Å². The van der Waals surface area contributed by atoms with Gasteiger partial charge < -0.3 is 14.7 Å². The van der Waals surface area contributed by atoms with E-state index >= 15 is 0 Å². The van der Waals surface area contributed by atoms with E-state index in [4.69, 9.17) is 27.9 Å². The fourth-order valence-corrected chi connectivity index (χ4v) is 4.22. The van der Waals surface area contributed by atoms with E-state index in [-0.39, 0.29) is 10.8 Å². The second kappa shape index (κ2) is 8.32. The van der Waals surface area contributed by atoms with Crippen molar-refractivity contribution in [3.63, 3.8) is 0 Å². The lowest BCUT2D eigenvalue weighted by molar-refractivity contribution is -0.937. The van der Waals surface area contributed by atoms with E-state index in [1.54, 1.807) is 23.6 Å². The van der Waals surface area contributed by atoms with Gasteiger partial charge in [0.25, 0.3) is 0 Å². The third-order valence-corrected chi connectivity index (χ3v) is 5.58. The van der Waals surface area contributed by atoms with Crippen LogP contribution in [0.25, 0.3) is 0 Å². The normalized spacial score (nSPS) is 17.4. The van der Waals surface area contributed by atoms with Crippen molar-refractivity contribution < 1.29 is 14.7 Å². The van der Waals surface area contributed by atoms with Crippen LogP contribution in [0.15, 0.2) is 34.6 Å². The maximum Gasteiger partial charge on any atom is 0.143 e. The van der Waals surface area contributed by atoms with Crippen LogP contribution in [0.1, 0.15) is 16.5 Å². The van der Waals surface area contributed by atoms with E-state index in [1.165, 1.54) is 15.8 Å². The lowest BCUT2D eigenvalue weighted by Crippen LogP contribution is -3.14. The van der Waals surface area contributed by atoms with Crippen LogP contribution in [0.3, 0.4) is 0 Å². The van der Waals surface area contributed by atoms with E-state index < -0.39 is 0 Å². The monoisotopic (exact) mass is 385 g/mol. The van der Waals surface area contributed by atoms with Gasteiger partial charge >= 0.3 is 0 Å². The van der Waals surface area contributed by atoms with Crippen LogP contribution in [-0.4, -0.2) is 44.2 Å². The first-order valence-electron chi connectivity index (χ1n) is 7.78. The first-order chi connectivity index (χ1) is 11.6. The lowest BCUT2D eigenvalue weighted by Gasteiger charge is -2.30. The van der Waals surface area contributed by atoms with Crippen molar-refractivity contribution in [3.8, 4) is 5.75 Å². The summed E-state index contributed by atoms with van der Waals surface area (Å²) in [5.41, 5.74) is 0.536. The van der Waals surface area contributed by atoms with Crippen LogP contribution in [0.5, 0.6) is 5.75 Å². The maximum atomic E-state index is 10.0. The topological polar surface area (TPSA) is 46.3 Å². The standard InChI is InChI=1S/C17H18Cl2N2O2S/c18-13-8-12(17(22)14(19)9-13)10-20-11-15(16-2-1-7-24-16)21-3-5-23-6-4-21/h1-2,7-10,15,22H,3-6,11H2/p+1/t15-/m0/s1. The highest BCUT2D eigenvalue weighted by molar-refractivity contribution is 7.10. The predicted octanol–water partition coefficient (Wildman–Crippen LogP) is 2.84. The molecule has 128 valence electrons. The summed E-state index contributed by atoms with van der Waals surface area (Å²) < 4.78 is 5.46. The zero-order chi connectivity index (χ0) is 16.9. The number of morpholine rings is 1. The summed E-state index contributed by atoms with van der Waals surface area (Å²) in [4.78, 5) is 7.36. The number of nitrogens with zero attached hydrogens (tertiary/aromatic N) is 1. The highest BCUT2D eigenvalue weighted by Crippen LogP contribution is 2.30. The van der Waals surface area contributed by atoms with Crippen LogP contribution >= 0.6 is 34.5 Å². The van der Waals surface area contributed by atoms with Gasteiger partial charge in [0.2, 0.25) is 0 Å². The largest absolute Gasteiger partial charge is 0.506 e. The van der Waals surface area contributed by atoms with Gasteiger partial charge in [-0.2, -0.15) is 0 Å². The minimum atomic E-state index is 0.0104. The molecule has 1 aliphatic heterocycles. The van der Waals surface area contributed by atoms with Crippen molar-refractivity contribution in [2.75, 3.05) is 32.8 Å². The minimum absolute atomic E-state index is 0.0104. The Morgan fingerprint density at radius 1 is 1.33 bits per heavy atom. The molecular formula is C17H19Cl2N2O2S+. The predicted molar refractivity (Wildman–Crippen MR) is 99.2 cm³/mol. The SMILES string of the molecule is Oc1c(Cl)cc(Cl)cc1C=NC[C@@H](c1cccs1)[NH+]1CCOCC1. The molecule has 0 spiro atoms. The third kappa shape index (κ3) is 4.29. The van der Waals surface area contributed by atoms with Crippen molar-refractivity contribution in [2.24, 2.45) is 4.99 Å². The summed E-state index contributed by atoms with van der Waals surface area (Å²) in [6.07, 6.45) is 1.65. The number of nitrogens with one attached hydrogen (secondary N) is 1. The Morgan fingerprint density at radius 3 is 2.83 bits per heavy atom. The van der Waals surface area contributed by atoms with E-state index in [2.05, 4.69) is 22.5 Å². The van der Waals surface area contributed by atoms with E-state index in [0.29, 0.717) is 23.2 Å². The number of halogens is 2. The second-order valence-corrected chi connectivity index (χ2v) is 7.48. The smallest absolute Gasteiger partial charge is 0.143 e. The molecule has 0 aliphatic carbocycles. The molecule has 0 unspecified atom stereocenters. The van der Waals surface area contributed by atoms with Gasteiger partial charge in [-0.3, -0.25) is 4.99 Å². The molecule has 2 heterocycles. The first kappa shape index (κ1) is 17.7. The summed E-state index contributed by atoms with van der Waals surface area (Å²) in [6, 6.07) is 7.69. The molecule has 7 heteroatoms. The number of hydrogen-bond acceptors (Lipinski definition) is 4. The van der Waals surface area contributed by atoms with Gasteiger partial charge in [0, 0.05) is 16.8 Å². The van der Waals surface area contributed by atoms with Crippen molar-refractivity contribution >= 4 is 40.8 Å². The Kier molecular flexibility index (Phi) is 6.14. The van der Waals surface area contributed by atoms with Crippen LogP contribution in [0.2, 0.25) is 10.0 Å². The van der Waals surface area contributed by atoms with Crippen molar-refractivity contribution in [3.05, 3.63) is 50.1 Å². The quantitative estimate of drug-likeness (QED) is 0.777. The second-order valence-electron chi connectivity index (χ2n) is 5.66. The van der Waals surface area contributed by atoms with Gasteiger partial charge in [-0.05, 0) is 23.6 Å². The summed E-state index contributed by atoms with van der Waals surface area (Å²) >= 11 is 13.7. The lowest BCUT2D eigenvalue weighted by atomic mass is 10.2. The number of quaternary nitrogens is 1. The van der Waals surface area contributed by atoms with E-state index in [9.17, 15) is 5.11 Å². The van der Waals surface area contributed by atoms with Crippen LogP contribution in [0.4, 0.5) is 0 Å². The number of benzene rings is 1. The number of aromatic hydroxyl groups is 1. The van der Waals surface area contributed by atoms with Gasteiger partial charge in [-0.25, -0.2) is 0 Å². The zero-order valence-electron chi connectivity index (χ0n) is 13.0. The maximum absolute atomic E-state index is 10.0. The Morgan fingerprint density at radius 2 is 2.12 bits per heavy atom. The first-order valence-corrected chi connectivity index (χ1v) is 9.42. The summed E-state index contributed by atoms with van der Waals surface area (Å²) in [5, 5.41) is 12.8. The molecule has 2 aromatic rings. The molecule has 1 saturated heterocycles. The Bertz CT molecular complexity index is 701. The van der Waals surface area contributed by atoms with Gasteiger partial charge in [-0.1, -0.05) is 29.3 Å². The Balaban J connectivity index is 1.76. The molecule has 1 atom stereocenters. The average molecular weight is 386 g/mol. The number of phenols is 1. The number of ether oxygens (including phenoxy) is 1. The highest BCUT2D eigenvalue weighted by Gasteiger charge is 2.26. The van der Waals surface area contributed by atoms with E-state index in [1.807, 2.05) is 0 Å². The van der Waals surface area contributed by atoms with Crippen LogP contribution in [0, 0.1) is 0 Å². The fraction of sp³-hybridized carbons (Fsp3) is 0.353. The fourth-order valence-electron chi connectivity index (χ4n) is 2.83. The van der Waals surface area contributed by atoms with Crippen molar-refractivity contribution in [1.82, 2.24) is 0 Å². The van der Waals surface area contributed by atoms with Gasteiger partial charge in [0.1, 0.15) is 24.9 Å². The molecular weight excluding hydrogens is 367 g/mol. The number of aliphatic imine (C=N–C) groups is 1. The van der Waals surface area contributed by atoms with Crippen LogP contribution in [-0.2, 0) is 4.74 Å². The molecule has 1 aromatic heterocycles. The minimum Gasteiger partial charge on any atom is -0.506 e. The Labute approximate surface area is 155 Å². The molecule has 3 rings (SSSR count). The summed E-state index contributed by atoms with van der Waals surface area (Å²) in [5.74, 6) is 0.0104. The molecule has 1 fully saturated rings. The van der Waals surface area contributed by atoms with Gasteiger partial charge in [0.15, 0.2) is 0 Å². The molecule has 0 amide bonds. The number of phenolic OH excluding ortho intramolecular Hbond substituents is 1. The molecule has 1 aliphatic rings. The summed E-state index contributed by atoms with van der Waals surface area (Å²) in [7, 11) is 0.